The lowest BCUT2D eigenvalue weighted by atomic mass is 10.1. The third-order valence-corrected chi connectivity index (χ3v) is 2.64. The van der Waals surface area contributed by atoms with E-state index in [4.69, 9.17) is 4.84 Å². The average Bonchev–Trinajstić information content (AvgIpc) is 2.84. The summed E-state index contributed by atoms with van der Waals surface area (Å²) >= 11 is 4.43. The van der Waals surface area contributed by atoms with Gasteiger partial charge in [0.1, 0.15) is 6.10 Å². The first kappa shape index (κ1) is 13.7. The number of nitrogens with zero attached hydrogens (tertiary/aromatic N) is 1. The summed E-state index contributed by atoms with van der Waals surface area (Å²) in [5, 5.41) is 2.20. The van der Waals surface area contributed by atoms with Crippen LogP contribution in [0.1, 0.15) is 11.1 Å². The molecule has 1 aromatic rings. The van der Waals surface area contributed by atoms with Gasteiger partial charge in [-0.2, -0.15) is 13.2 Å². The lowest BCUT2D eigenvalue weighted by Gasteiger charge is -2.09. The fourth-order valence-corrected chi connectivity index (χ4v) is 1.70. The normalized spacial score (nSPS) is 18.5. The summed E-state index contributed by atoms with van der Waals surface area (Å²) in [5.41, 5.74) is 2.77. The van der Waals surface area contributed by atoms with E-state index in [-0.39, 0.29) is 12.6 Å². The molecule has 0 aliphatic carbocycles. The Morgan fingerprint density at radius 1 is 1.42 bits per heavy atom. The van der Waals surface area contributed by atoms with Crippen LogP contribution in [0.5, 0.6) is 0 Å². The number of aliphatic imine (C=N–C) groups is 1. The van der Waals surface area contributed by atoms with E-state index in [2.05, 4.69) is 27.9 Å². The van der Waals surface area contributed by atoms with E-state index in [1.165, 1.54) is 6.07 Å². The monoisotopic (exact) mass is 286 g/mol. The molecule has 1 N–H and O–H groups in total. The average molecular weight is 286 g/mol. The number of benzene rings is 1. The molecule has 2 rings (SSSR count). The van der Waals surface area contributed by atoms with Crippen LogP contribution in [0.4, 0.5) is 13.2 Å². The number of nitrogens with one attached hydrogen (secondary N) is 1. The molecule has 1 aliphatic rings. The van der Waals surface area contributed by atoms with Gasteiger partial charge in [-0.05, 0) is 30.4 Å². The van der Waals surface area contributed by atoms with Gasteiger partial charge in [-0.25, -0.2) is 4.99 Å². The minimum absolute atomic E-state index is 0.277. The molecule has 19 heavy (non-hydrogen) atoms. The zero-order valence-corrected chi connectivity index (χ0v) is 10.4. The molecule has 100 valence electrons. The second-order valence-corrected chi connectivity index (χ2v) is 4.03. The Labute approximate surface area is 112 Å². The van der Waals surface area contributed by atoms with Crippen molar-refractivity contribution in [3.63, 3.8) is 0 Å². The maximum absolute atomic E-state index is 12.6. The van der Waals surface area contributed by atoms with Crippen LogP contribution in [0.15, 0.2) is 35.3 Å². The van der Waals surface area contributed by atoms with Gasteiger partial charge in [-0.1, -0.05) is 12.1 Å². The van der Waals surface area contributed by atoms with E-state index in [0.717, 1.165) is 12.1 Å². The summed E-state index contributed by atoms with van der Waals surface area (Å²) in [6.45, 7) is 0.277. The van der Waals surface area contributed by atoms with Crippen LogP contribution >= 0.6 is 12.2 Å². The fourth-order valence-electron chi connectivity index (χ4n) is 1.63. The number of isothiocyanates is 1. The molecule has 0 bridgehead atoms. The van der Waals surface area contributed by atoms with E-state index < -0.39 is 11.7 Å². The van der Waals surface area contributed by atoms with E-state index in [1.54, 1.807) is 12.1 Å². The highest BCUT2D eigenvalue weighted by Crippen LogP contribution is 2.31. The number of alkyl halides is 3. The Hall–Kier alpha value is -1.69. The van der Waals surface area contributed by atoms with E-state index >= 15 is 0 Å². The molecule has 0 radical (unpaired) electrons. The largest absolute Gasteiger partial charge is 0.416 e. The topological polar surface area (TPSA) is 33.6 Å². The molecular formula is C12H9F3N2OS. The first-order chi connectivity index (χ1) is 9.00. The third-order valence-electron chi connectivity index (χ3n) is 2.51. The van der Waals surface area contributed by atoms with Gasteiger partial charge >= 0.3 is 6.18 Å². The van der Waals surface area contributed by atoms with Crippen LogP contribution in [0, 0.1) is 0 Å². The molecule has 7 heteroatoms. The van der Waals surface area contributed by atoms with Crippen LogP contribution in [-0.2, 0) is 11.0 Å². The summed E-state index contributed by atoms with van der Waals surface area (Å²) in [7, 11) is 0. The minimum Gasteiger partial charge on any atom is -0.267 e. The zero-order valence-electron chi connectivity index (χ0n) is 9.57. The molecule has 0 aromatic heterocycles. The highest BCUT2D eigenvalue weighted by molar-refractivity contribution is 7.78. The smallest absolute Gasteiger partial charge is 0.267 e. The molecule has 1 aromatic carbocycles. The van der Waals surface area contributed by atoms with Gasteiger partial charge in [0, 0.05) is 5.56 Å². The second kappa shape index (κ2) is 5.52. The molecule has 0 fully saturated rings. The summed E-state index contributed by atoms with van der Waals surface area (Å²) in [5.74, 6) is 0. The Balaban J connectivity index is 2.21. The molecule has 1 unspecified atom stereocenters. The molecule has 1 heterocycles. The number of thiocarbonyl (C=S) groups is 1. The van der Waals surface area contributed by atoms with Gasteiger partial charge in [0.25, 0.3) is 0 Å². The number of hydroxylamine groups is 1. The van der Waals surface area contributed by atoms with Crippen molar-refractivity contribution in [2.45, 2.75) is 12.3 Å². The summed E-state index contributed by atoms with van der Waals surface area (Å²) in [4.78, 5) is 8.86. The Bertz CT molecular complexity index is 550. The van der Waals surface area contributed by atoms with Crippen molar-refractivity contribution in [3.05, 3.63) is 41.5 Å². The van der Waals surface area contributed by atoms with Crippen molar-refractivity contribution in [2.75, 3.05) is 6.54 Å². The predicted molar refractivity (Wildman–Crippen MR) is 67.3 cm³/mol. The first-order valence-electron chi connectivity index (χ1n) is 5.35. The SMILES string of the molecule is FC(F)(F)c1cccc(C2=CC(CN=C=S)ON2)c1. The van der Waals surface area contributed by atoms with Crippen molar-refractivity contribution in [2.24, 2.45) is 4.99 Å². The zero-order chi connectivity index (χ0) is 13.9. The van der Waals surface area contributed by atoms with Crippen LogP contribution in [0.25, 0.3) is 5.70 Å². The predicted octanol–water partition coefficient (Wildman–Crippen LogP) is 3.05. The Kier molecular flexibility index (Phi) is 3.99. The van der Waals surface area contributed by atoms with Gasteiger partial charge in [0.05, 0.1) is 23.0 Å². The van der Waals surface area contributed by atoms with Crippen molar-refractivity contribution in [1.82, 2.24) is 5.48 Å². The lowest BCUT2D eigenvalue weighted by Crippen LogP contribution is -2.14. The summed E-state index contributed by atoms with van der Waals surface area (Å²) in [6, 6.07) is 5.01. The first-order valence-corrected chi connectivity index (χ1v) is 5.76. The van der Waals surface area contributed by atoms with Crippen molar-refractivity contribution < 1.29 is 18.0 Å². The molecule has 0 saturated carbocycles. The molecule has 0 spiro atoms. The van der Waals surface area contributed by atoms with Gasteiger partial charge < -0.3 is 0 Å². The number of halogens is 3. The van der Waals surface area contributed by atoms with E-state index in [9.17, 15) is 13.2 Å². The minimum atomic E-state index is -4.36. The van der Waals surface area contributed by atoms with Crippen LogP contribution in [0.2, 0.25) is 0 Å². The maximum atomic E-state index is 12.6. The summed E-state index contributed by atoms with van der Waals surface area (Å²) in [6.07, 6.45) is -3.07. The number of hydrogen-bond donors (Lipinski definition) is 1. The molecule has 0 saturated heterocycles. The number of hydrogen-bond acceptors (Lipinski definition) is 4. The van der Waals surface area contributed by atoms with Crippen molar-refractivity contribution in [1.29, 1.82) is 0 Å². The van der Waals surface area contributed by atoms with E-state index in [0.29, 0.717) is 11.3 Å². The standard InChI is InChI=1S/C12H9F3N2OS/c13-12(14,15)9-3-1-2-8(4-9)11-5-10(18-17-11)6-16-7-19/h1-5,10,17H,6H2. The molecule has 1 aliphatic heterocycles. The van der Waals surface area contributed by atoms with Gasteiger partial charge in [0.15, 0.2) is 0 Å². The Morgan fingerprint density at radius 3 is 2.89 bits per heavy atom. The third kappa shape index (κ3) is 3.41. The van der Waals surface area contributed by atoms with Gasteiger partial charge in [0.2, 0.25) is 0 Å². The van der Waals surface area contributed by atoms with Gasteiger partial charge in [-0.15, -0.1) is 0 Å². The lowest BCUT2D eigenvalue weighted by molar-refractivity contribution is -0.137. The second-order valence-electron chi connectivity index (χ2n) is 3.85. The highest BCUT2D eigenvalue weighted by atomic mass is 32.1. The van der Waals surface area contributed by atoms with Crippen molar-refractivity contribution in [3.8, 4) is 0 Å². The maximum Gasteiger partial charge on any atom is 0.416 e. The van der Waals surface area contributed by atoms with Crippen molar-refractivity contribution >= 4 is 23.1 Å². The van der Waals surface area contributed by atoms with Crippen LogP contribution in [-0.4, -0.2) is 17.8 Å². The molecule has 1 atom stereocenters. The number of rotatable bonds is 3. The van der Waals surface area contributed by atoms with Crippen LogP contribution < -0.4 is 5.48 Å². The highest BCUT2D eigenvalue weighted by Gasteiger charge is 2.31. The molecule has 0 amide bonds. The van der Waals surface area contributed by atoms with E-state index in [1.807, 2.05) is 0 Å². The van der Waals surface area contributed by atoms with Gasteiger partial charge in [-0.3, -0.25) is 10.3 Å². The quantitative estimate of drug-likeness (QED) is 0.685. The Morgan fingerprint density at radius 2 is 2.21 bits per heavy atom. The fraction of sp³-hybridized carbons (Fsp3) is 0.250. The summed E-state index contributed by atoms with van der Waals surface area (Å²) < 4.78 is 37.8. The van der Waals surface area contributed by atoms with Crippen LogP contribution in [0.3, 0.4) is 0 Å². The molecular weight excluding hydrogens is 277 g/mol. The molecule has 3 nitrogen and oxygen atoms in total.